The SMILES string of the molecule is C[C@H]1COCCN1C(=O)Cc1ccccc1. The van der Waals surface area contributed by atoms with Crippen LogP contribution >= 0.6 is 0 Å². The van der Waals surface area contributed by atoms with Crippen LogP contribution in [0.2, 0.25) is 0 Å². The van der Waals surface area contributed by atoms with E-state index in [2.05, 4.69) is 0 Å². The van der Waals surface area contributed by atoms with Gasteiger partial charge in [-0.1, -0.05) is 30.3 Å². The normalized spacial score (nSPS) is 20.8. The van der Waals surface area contributed by atoms with Crippen molar-refractivity contribution in [1.29, 1.82) is 0 Å². The molecule has 0 unspecified atom stereocenters. The molecular weight excluding hydrogens is 202 g/mol. The summed E-state index contributed by atoms with van der Waals surface area (Å²) in [4.78, 5) is 14.0. The highest BCUT2D eigenvalue weighted by atomic mass is 16.5. The maximum absolute atomic E-state index is 12.0. The predicted octanol–water partition coefficient (Wildman–Crippen LogP) is 1.48. The molecule has 1 fully saturated rings. The van der Waals surface area contributed by atoms with Gasteiger partial charge in [0.05, 0.1) is 25.7 Å². The molecule has 0 aromatic heterocycles. The summed E-state index contributed by atoms with van der Waals surface area (Å²) in [5.74, 6) is 0.196. The zero-order chi connectivity index (χ0) is 11.4. The lowest BCUT2D eigenvalue weighted by molar-refractivity contribution is -0.138. The van der Waals surface area contributed by atoms with Crippen LogP contribution in [0.25, 0.3) is 0 Å². The number of carbonyl (C=O) groups excluding carboxylic acids is 1. The summed E-state index contributed by atoms with van der Waals surface area (Å²) in [5.41, 5.74) is 1.08. The largest absolute Gasteiger partial charge is 0.377 e. The molecule has 1 aromatic rings. The van der Waals surface area contributed by atoms with Crippen molar-refractivity contribution in [2.45, 2.75) is 19.4 Å². The van der Waals surface area contributed by atoms with Gasteiger partial charge in [-0.15, -0.1) is 0 Å². The molecule has 1 aliphatic rings. The van der Waals surface area contributed by atoms with Crippen molar-refractivity contribution in [2.24, 2.45) is 0 Å². The van der Waals surface area contributed by atoms with Crippen molar-refractivity contribution in [3.8, 4) is 0 Å². The molecule has 0 spiro atoms. The number of rotatable bonds is 2. The molecule has 1 aromatic carbocycles. The molecule has 1 aliphatic heterocycles. The van der Waals surface area contributed by atoms with Crippen molar-refractivity contribution in [3.63, 3.8) is 0 Å². The number of morpholine rings is 1. The summed E-state index contributed by atoms with van der Waals surface area (Å²) >= 11 is 0. The Kier molecular flexibility index (Phi) is 3.57. The fourth-order valence-corrected chi connectivity index (χ4v) is 1.97. The van der Waals surface area contributed by atoms with E-state index in [4.69, 9.17) is 4.74 Å². The van der Waals surface area contributed by atoms with E-state index < -0.39 is 0 Å². The highest BCUT2D eigenvalue weighted by Crippen LogP contribution is 2.09. The van der Waals surface area contributed by atoms with Crippen LogP contribution in [0.1, 0.15) is 12.5 Å². The van der Waals surface area contributed by atoms with Crippen LogP contribution < -0.4 is 0 Å². The van der Waals surface area contributed by atoms with Gasteiger partial charge in [0, 0.05) is 6.54 Å². The molecule has 86 valence electrons. The first-order chi connectivity index (χ1) is 7.77. The van der Waals surface area contributed by atoms with Crippen LogP contribution in [0, 0.1) is 0 Å². The van der Waals surface area contributed by atoms with E-state index in [0.717, 1.165) is 5.56 Å². The molecule has 0 radical (unpaired) electrons. The van der Waals surface area contributed by atoms with Crippen LogP contribution in [-0.4, -0.2) is 36.6 Å². The van der Waals surface area contributed by atoms with E-state index in [1.165, 1.54) is 0 Å². The van der Waals surface area contributed by atoms with Crippen LogP contribution in [0.3, 0.4) is 0 Å². The lowest BCUT2D eigenvalue weighted by Crippen LogP contribution is -2.47. The van der Waals surface area contributed by atoms with E-state index in [9.17, 15) is 4.79 Å². The van der Waals surface area contributed by atoms with Crippen LogP contribution in [-0.2, 0) is 16.0 Å². The number of amides is 1. The minimum Gasteiger partial charge on any atom is -0.377 e. The molecule has 0 aliphatic carbocycles. The molecule has 0 saturated carbocycles. The fraction of sp³-hybridized carbons (Fsp3) is 0.462. The third-order valence-corrected chi connectivity index (χ3v) is 2.89. The van der Waals surface area contributed by atoms with Gasteiger partial charge in [-0.3, -0.25) is 4.79 Å². The Balaban J connectivity index is 1.97. The molecule has 1 saturated heterocycles. The van der Waals surface area contributed by atoms with Gasteiger partial charge >= 0.3 is 0 Å². The van der Waals surface area contributed by atoms with Crippen LogP contribution in [0.15, 0.2) is 30.3 Å². The number of carbonyl (C=O) groups is 1. The van der Waals surface area contributed by atoms with Gasteiger partial charge in [-0.2, -0.15) is 0 Å². The van der Waals surface area contributed by atoms with E-state index in [1.807, 2.05) is 42.2 Å². The summed E-state index contributed by atoms with van der Waals surface area (Å²) in [6.45, 7) is 4.06. The minimum absolute atomic E-state index is 0.196. The van der Waals surface area contributed by atoms with Crippen LogP contribution in [0.5, 0.6) is 0 Å². The Morgan fingerprint density at radius 2 is 2.19 bits per heavy atom. The van der Waals surface area contributed by atoms with E-state index in [1.54, 1.807) is 0 Å². The topological polar surface area (TPSA) is 29.5 Å². The highest BCUT2D eigenvalue weighted by Gasteiger charge is 2.23. The second kappa shape index (κ2) is 5.12. The lowest BCUT2D eigenvalue weighted by Gasteiger charge is -2.33. The van der Waals surface area contributed by atoms with Crippen molar-refractivity contribution in [2.75, 3.05) is 19.8 Å². The standard InChI is InChI=1S/C13H17NO2/c1-11-10-16-8-7-14(11)13(15)9-12-5-3-2-4-6-12/h2-6,11H,7-10H2,1H3/t11-/m0/s1. The maximum Gasteiger partial charge on any atom is 0.227 e. The molecule has 1 amide bonds. The number of hydrogen-bond acceptors (Lipinski definition) is 2. The highest BCUT2D eigenvalue weighted by molar-refractivity contribution is 5.79. The molecule has 3 heteroatoms. The number of hydrogen-bond donors (Lipinski definition) is 0. The molecular formula is C13H17NO2. The predicted molar refractivity (Wildman–Crippen MR) is 62.1 cm³/mol. The molecule has 0 N–H and O–H groups in total. The number of ether oxygens (including phenoxy) is 1. The summed E-state index contributed by atoms with van der Waals surface area (Å²) < 4.78 is 5.32. The minimum atomic E-state index is 0.196. The average molecular weight is 219 g/mol. The number of benzene rings is 1. The quantitative estimate of drug-likeness (QED) is 0.754. The van der Waals surface area contributed by atoms with Gasteiger partial charge in [0.25, 0.3) is 0 Å². The van der Waals surface area contributed by atoms with Crippen LogP contribution in [0.4, 0.5) is 0 Å². The fourth-order valence-electron chi connectivity index (χ4n) is 1.97. The van der Waals surface area contributed by atoms with Gasteiger partial charge in [0.2, 0.25) is 5.91 Å². The maximum atomic E-state index is 12.0. The zero-order valence-corrected chi connectivity index (χ0v) is 9.56. The lowest BCUT2D eigenvalue weighted by atomic mass is 10.1. The summed E-state index contributed by atoms with van der Waals surface area (Å²) in [7, 11) is 0. The summed E-state index contributed by atoms with van der Waals surface area (Å²) in [5, 5.41) is 0. The molecule has 1 atom stereocenters. The van der Waals surface area contributed by atoms with Gasteiger partial charge < -0.3 is 9.64 Å². The van der Waals surface area contributed by atoms with Crippen molar-refractivity contribution in [1.82, 2.24) is 4.90 Å². The molecule has 0 bridgehead atoms. The Morgan fingerprint density at radius 3 is 2.88 bits per heavy atom. The van der Waals surface area contributed by atoms with E-state index in [0.29, 0.717) is 26.2 Å². The van der Waals surface area contributed by atoms with Crippen molar-refractivity contribution >= 4 is 5.91 Å². The first-order valence-corrected chi connectivity index (χ1v) is 5.68. The second-order valence-corrected chi connectivity index (χ2v) is 4.17. The van der Waals surface area contributed by atoms with E-state index in [-0.39, 0.29) is 11.9 Å². The molecule has 16 heavy (non-hydrogen) atoms. The van der Waals surface area contributed by atoms with Gasteiger partial charge in [0.1, 0.15) is 0 Å². The van der Waals surface area contributed by atoms with Gasteiger partial charge in [-0.05, 0) is 12.5 Å². The third kappa shape index (κ3) is 2.61. The Labute approximate surface area is 96.0 Å². The smallest absolute Gasteiger partial charge is 0.227 e. The molecule has 2 rings (SSSR count). The van der Waals surface area contributed by atoms with Gasteiger partial charge in [-0.25, -0.2) is 0 Å². The zero-order valence-electron chi connectivity index (χ0n) is 9.56. The Hall–Kier alpha value is -1.35. The van der Waals surface area contributed by atoms with E-state index >= 15 is 0 Å². The monoisotopic (exact) mass is 219 g/mol. The Bertz CT molecular complexity index is 350. The summed E-state index contributed by atoms with van der Waals surface area (Å²) in [6, 6.07) is 10.1. The molecule has 1 heterocycles. The Morgan fingerprint density at radius 1 is 1.44 bits per heavy atom. The van der Waals surface area contributed by atoms with Crippen molar-refractivity contribution < 1.29 is 9.53 Å². The number of nitrogens with zero attached hydrogens (tertiary/aromatic N) is 1. The first kappa shape index (κ1) is 11.1. The third-order valence-electron chi connectivity index (χ3n) is 2.89. The average Bonchev–Trinajstić information content (AvgIpc) is 2.31. The molecule has 3 nitrogen and oxygen atoms in total. The second-order valence-electron chi connectivity index (χ2n) is 4.17. The van der Waals surface area contributed by atoms with Gasteiger partial charge in [0.15, 0.2) is 0 Å². The van der Waals surface area contributed by atoms with Crippen molar-refractivity contribution in [3.05, 3.63) is 35.9 Å². The first-order valence-electron chi connectivity index (χ1n) is 5.68. The summed E-state index contributed by atoms with van der Waals surface area (Å²) in [6.07, 6.45) is 0.491.